The van der Waals surface area contributed by atoms with E-state index in [0.29, 0.717) is 50.1 Å². The number of likely N-dealkylation sites (tertiary alicyclic amines) is 2. The number of piperidine rings is 1. The average molecular weight is 432 g/mol. The molecule has 2 fully saturated rings. The smallest absolute Gasteiger partial charge is 0.409 e. The van der Waals surface area contributed by atoms with Gasteiger partial charge in [-0.1, -0.05) is 6.07 Å². The third-order valence-electron chi connectivity index (χ3n) is 5.94. The quantitative estimate of drug-likeness (QED) is 0.422. The molecular formula is C22H33N5O4. The molecule has 9 heteroatoms. The molecule has 0 saturated carbocycles. The summed E-state index contributed by atoms with van der Waals surface area (Å²) in [5.41, 5.74) is 8.22. The second-order valence-electron chi connectivity index (χ2n) is 8.13. The number of ether oxygens (including phenoxy) is 1. The lowest BCUT2D eigenvalue weighted by molar-refractivity contribution is -0.127. The normalized spacial score (nSPS) is 17.1. The number of methoxy groups -OCH3 is 1. The van der Waals surface area contributed by atoms with Crippen LogP contribution in [0.1, 0.15) is 48.0 Å². The zero-order valence-corrected chi connectivity index (χ0v) is 18.2. The summed E-state index contributed by atoms with van der Waals surface area (Å²) in [7, 11) is 1.37. The van der Waals surface area contributed by atoms with Crippen LogP contribution in [0.2, 0.25) is 0 Å². The molecule has 0 radical (unpaired) electrons. The Morgan fingerprint density at radius 2 is 2.00 bits per heavy atom. The van der Waals surface area contributed by atoms with Gasteiger partial charge >= 0.3 is 6.09 Å². The van der Waals surface area contributed by atoms with Crippen LogP contribution in [0.15, 0.2) is 18.2 Å². The van der Waals surface area contributed by atoms with Crippen LogP contribution in [-0.2, 0) is 16.1 Å². The second-order valence-corrected chi connectivity index (χ2v) is 8.13. The first kappa shape index (κ1) is 22.9. The minimum absolute atomic E-state index is 0.0264. The van der Waals surface area contributed by atoms with E-state index in [4.69, 9.17) is 10.5 Å². The van der Waals surface area contributed by atoms with Crippen molar-refractivity contribution in [3.05, 3.63) is 29.3 Å². The number of nitrogens with two attached hydrogens (primary N) is 1. The Balaban J connectivity index is 1.39. The molecule has 0 aliphatic carbocycles. The highest BCUT2D eigenvalue weighted by Gasteiger charge is 2.24. The fourth-order valence-electron chi connectivity index (χ4n) is 4.06. The van der Waals surface area contributed by atoms with Crippen LogP contribution in [0, 0.1) is 0 Å². The molecular weight excluding hydrogens is 398 g/mol. The number of nitrogens with one attached hydrogen (secondary N) is 2. The first-order valence-corrected chi connectivity index (χ1v) is 11.0. The molecule has 0 aromatic heterocycles. The zero-order valence-electron chi connectivity index (χ0n) is 18.2. The van der Waals surface area contributed by atoms with Crippen LogP contribution < -0.4 is 16.4 Å². The summed E-state index contributed by atoms with van der Waals surface area (Å²) in [4.78, 5) is 39.3. The largest absolute Gasteiger partial charge is 0.453 e. The predicted octanol–water partition coefficient (Wildman–Crippen LogP) is 1.33. The molecule has 2 aliphatic heterocycles. The molecule has 0 atom stereocenters. The number of carbonyl (C=O) groups is 3. The number of hydrogen-bond acceptors (Lipinski definition) is 6. The number of anilines is 1. The maximum atomic E-state index is 12.6. The van der Waals surface area contributed by atoms with Crippen molar-refractivity contribution in [1.29, 1.82) is 0 Å². The fraction of sp³-hybridized carbons (Fsp3) is 0.591. The van der Waals surface area contributed by atoms with Crippen LogP contribution in [0.25, 0.3) is 0 Å². The summed E-state index contributed by atoms with van der Waals surface area (Å²) in [5.74, 6) is 0.102. The van der Waals surface area contributed by atoms with E-state index < -0.39 is 0 Å². The van der Waals surface area contributed by atoms with Gasteiger partial charge in [0.05, 0.1) is 7.11 Å². The summed E-state index contributed by atoms with van der Waals surface area (Å²) in [5, 5.41) is 6.38. The van der Waals surface area contributed by atoms with Gasteiger partial charge in [-0.3, -0.25) is 9.59 Å². The Morgan fingerprint density at radius 1 is 1.23 bits per heavy atom. The maximum absolute atomic E-state index is 12.6. The summed E-state index contributed by atoms with van der Waals surface area (Å²) >= 11 is 0. The Hall–Kier alpha value is -2.81. The van der Waals surface area contributed by atoms with E-state index in [2.05, 4.69) is 10.6 Å². The second kappa shape index (κ2) is 11.0. The van der Waals surface area contributed by atoms with Crippen LogP contribution in [0.4, 0.5) is 10.5 Å². The minimum Gasteiger partial charge on any atom is -0.453 e. The summed E-state index contributed by atoms with van der Waals surface area (Å²) < 4.78 is 4.73. The molecule has 3 rings (SSSR count). The van der Waals surface area contributed by atoms with E-state index in [9.17, 15) is 14.4 Å². The van der Waals surface area contributed by atoms with Gasteiger partial charge in [0.2, 0.25) is 5.91 Å². The van der Waals surface area contributed by atoms with E-state index >= 15 is 0 Å². The summed E-state index contributed by atoms with van der Waals surface area (Å²) in [6.45, 7) is 4.22. The topological polar surface area (TPSA) is 117 Å². The number of hydrogen-bond donors (Lipinski definition) is 3. The van der Waals surface area contributed by atoms with Crippen molar-refractivity contribution in [2.45, 2.75) is 44.7 Å². The fourth-order valence-corrected chi connectivity index (χ4v) is 4.06. The lowest BCUT2D eigenvalue weighted by Crippen LogP contribution is -2.46. The number of rotatable bonds is 8. The van der Waals surface area contributed by atoms with Gasteiger partial charge in [-0.25, -0.2) is 4.79 Å². The molecule has 4 N–H and O–H groups in total. The molecule has 3 amide bonds. The van der Waals surface area contributed by atoms with Crippen molar-refractivity contribution in [1.82, 2.24) is 20.4 Å². The monoisotopic (exact) mass is 431 g/mol. The maximum Gasteiger partial charge on any atom is 0.409 e. The van der Waals surface area contributed by atoms with Crippen LogP contribution in [0.3, 0.4) is 0 Å². The highest BCUT2D eigenvalue weighted by Crippen LogP contribution is 2.16. The molecule has 0 spiro atoms. The number of nitrogens with zero attached hydrogens (tertiary/aromatic N) is 2. The van der Waals surface area contributed by atoms with Gasteiger partial charge in [-0.2, -0.15) is 0 Å². The SMILES string of the molecule is COC(=O)N1CCC(NC(=O)c2ccc(CNCCCN3CCCC3=O)c(N)c2)CC1. The standard InChI is InChI=1S/C22H33N5O4/c1-31-22(30)27-12-7-18(8-13-27)25-21(29)16-5-6-17(19(23)14-16)15-24-9-3-11-26-10-2-4-20(26)28/h5-6,14,18,24H,2-4,7-13,15,23H2,1H3,(H,25,29). The average Bonchev–Trinajstić information content (AvgIpc) is 3.19. The lowest BCUT2D eigenvalue weighted by atomic mass is 10.0. The van der Waals surface area contributed by atoms with Crippen LogP contribution in [0.5, 0.6) is 0 Å². The van der Waals surface area contributed by atoms with Crippen LogP contribution >= 0.6 is 0 Å². The van der Waals surface area contributed by atoms with Gasteiger partial charge in [-0.05, 0) is 49.9 Å². The van der Waals surface area contributed by atoms with Gasteiger partial charge in [0, 0.05) is 56.4 Å². The molecule has 170 valence electrons. The molecule has 2 heterocycles. The minimum atomic E-state index is -0.328. The number of nitrogen functional groups attached to an aromatic ring is 1. The Bertz CT molecular complexity index is 792. The van der Waals surface area contributed by atoms with Gasteiger partial charge in [0.25, 0.3) is 5.91 Å². The summed E-state index contributed by atoms with van der Waals surface area (Å²) in [6.07, 6.45) is 3.61. The van der Waals surface area contributed by atoms with Crippen LogP contribution in [-0.4, -0.2) is 73.6 Å². The number of amides is 3. The van der Waals surface area contributed by atoms with Crippen molar-refractivity contribution in [2.75, 3.05) is 45.6 Å². The molecule has 2 aliphatic rings. The summed E-state index contributed by atoms with van der Waals surface area (Å²) in [6, 6.07) is 5.40. The predicted molar refractivity (Wildman–Crippen MR) is 117 cm³/mol. The van der Waals surface area contributed by atoms with Gasteiger partial charge in [0.15, 0.2) is 0 Å². The lowest BCUT2D eigenvalue weighted by Gasteiger charge is -2.31. The Kier molecular flexibility index (Phi) is 8.11. The van der Waals surface area contributed by atoms with Crippen molar-refractivity contribution in [3.63, 3.8) is 0 Å². The Labute approximate surface area is 183 Å². The number of carbonyl (C=O) groups excluding carboxylic acids is 3. The third-order valence-corrected chi connectivity index (χ3v) is 5.94. The van der Waals surface area contributed by atoms with E-state index in [1.165, 1.54) is 7.11 Å². The van der Waals surface area contributed by atoms with Crippen molar-refractivity contribution in [3.8, 4) is 0 Å². The third kappa shape index (κ3) is 6.33. The van der Waals surface area contributed by atoms with Gasteiger partial charge in [0.1, 0.15) is 0 Å². The molecule has 1 aromatic carbocycles. The van der Waals surface area contributed by atoms with Crippen molar-refractivity contribution >= 4 is 23.6 Å². The molecule has 1 aromatic rings. The van der Waals surface area contributed by atoms with Gasteiger partial charge in [-0.15, -0.1) is 0 Å². The Morgan fingerprint density at radius 3 is 2.65 bits per heavy atom. The van der Waals surface area contributed by atoms with Crippen molar-refractivity contribution < 1.29 is 19.1 Å². The number of benzene rings is 1. The first-order chi connectivity index (χ1) is 15.0. The van der Waals surface area contributed by atoms with Gasteiger partial charge < -0.3 is 30.9 Å². The zero-order chi connectivity index (χ0) is 22.2. The molecule has 0 bridgehead atoms. The van der Waals surface area contributed by atoms with Crippen molar-refractivity contribution in [2.24, 2.45) is 0 Å². The van der Waals surface area contributed by atoms with E-state index in [0.717, 1.165) is 38.0 Å². The highest BCUT2D eigenvalue weighted by atomic mass is 16.5. The van der Waals surface area contributed by atoms with E-state index in [-0.39, 0.29) is 23.9 Å². The molecule has 2 saturated heterocycles. The van der Waals surface area contributed by atoms with E-state index in [1.807, 2.05) is 11.0 Å². The molecule has 31 heavy (non-hydrogen) atoms. The molecule has 9 nitrogen and oxygen atoms in total. The highest BCUT2D eigenvalue weighted by molar-refractivity contribution is 5.95. The van der Waals surface area contributed by atoms with E-state index in [1.54, 1.807) is 17.0 Å². The molecule has 0 unspecified atom stereocenters. The first-order valence-electron chi connectivity index (χ1n) is 11.0.